The molecule has 2 saturated heterocycles. The van der Waals surface area contributed by atoms with Crippen molar-refractivity contribution < 1.29 is 19.0 Å². The van der Waals surface area contributed by atoms with Gasteiger partial charge in [0.15, 0.2) is 0 Å². The van der Waals surface area contributed by atoms with Crippen LogP contribution in [0.2, 0.25) is 0 Å². The van der Waals surface area contributed by atoms with Crippen molar-refractivity contribution in [2.24, 2.45) is 11.8 Å². The van der Waals surface area contributed by atoms with Gasteiger partial charge in [-0.25, -0.2) is 0 Å². The number of carbonyl (C=O) groups is 1. The fourth-order valence-electron chi connectivity index (χ4n) is 6.56. The molecule has 0 unspecified atom stereocenters. The highest BCUT2D eigenvalue weighted by molar-refractivity contribution is 5.79. The number of morpholine rings is 1. The van der Waals surface area contributed by atoms with E-state index in [0.29, 0.717) is 18.4 Å². The number of carbonyl (C=O) groups excluding carboxylic acids is 1. The second-order valence-electron chi connectivity index (χ2n) is 11.4. The summed E-state index contributed by atoms with van der Waals surface area (Å²) in [6.45, 7) is 14.9. The molecule has 1 aliphatic carbocycles. The van der Waals surface area contributed by atoms with Gasteiger partial charge in [0.05, 0.1) is 26.0 Å². The van der Waals surface area contributed by atoms with Crippen LogP contribution in [0.25, 0.3) is 0 Å². The number of methoxy groups -OCH3 is 1. The molecule has 2 fully saturated rings. The van der Waals surface area contributed by atoms with E-state index in [1.807, 2.05) is 18.2 Å². The molecule has 1 amide bonds. The average molecular weight is 536 g/mol. The zero-order valence-corrected chi connectivity index (χ0v) is 24.2. The van der Waals surface area contributed by atoms with Crippen LogP contribution >= 0.6 is 0 Å². The van der Waals surface area contributed by atoms with Crippen molar-refractivity contribution >= 4 is 11.6 Å². The molecule has 39 heavy (non-hydrogen) atoms. The minimum atomic E-state index is 0.0153. The third kappa shape index (κ3) is 6.20. The molecule has 212 valence electrons. The summed E-state index contributed by atoms with van der Waals surface area (Å²) in [4.78, 5) is 20.4. The smallest absolute Gasteiger partial charge is 0.225 e. The Labute approximate surface area is 234 Å². The van der Waals surface area contributed by atoms with E-state index >= 15 is 0 Å². The Morgan fingerprint density at radius 2 is 1.77 bits per heavy atom. The van der Waals surface area contributed by atoms with Crippen molar-refractivity contribution in [1.82, 2.24) is 9.80 Å². The molecule has 0 saturated carbocycles. The van der Waals surface area contributed by atoms with Gasteiger partial charge in [0.25, 0.3) is 0 Å². The highest BCUT2D eigenvalue weighted by atomic mass is 16.5. The van der Waals surface area contributed by atoms with Crippen LogP contribution in [0, 0.1) is 25.7 Å². The van der Waals surface area contributed by atoms with E-state index < -0.39 is 0 Å². The number of rotatable bonds is 8. The van der Waals surface area contributed by atoms with Gasteiger partial charge in [-0.15, -0.1) is 0 Å². The van der Waals surface area contributed by atoms with Crippen molar-refractivity contribution in [2.75, 3.05) is 77.6 Å². The topological polar surface area (TPSA) is 54.5 Å². The number of fused-ring (bicyclic) bond motifs is 1. The van der Waals surface area contributed by atoms with Crippen molar-refractivity contribution in [3.63, 3.8) is 0 Å². The molecular formula is C32H45N3O4. The van der Waals surface area contributed by atoms with Gasteiger partial charge in [-0.05, 0) is 79.5 Å². The molecule has 0 bridgehead atoms. The van der Waals surface area contributed by atoms with E-state index in [0.717, 1.165) is 95.5 Å². The first-order valence-electron chi connectivity index (χ1n) is 14.7. The number of para-hydroxylation sites is 2. The first-order valence-corrected chi connectivity index (χ1v) is 14.7. The molecule has 7 heteroatoms. The molecule has 5 rings (SSSR count). The predicted molar refractivity (Wildman–Crippen MR) is 155 cm³/mol. The van der Waals surface area contributed by atoms with Gasteiger partial charge in [0, 0.05) is 51.7 Å². The molecule has 2 aromatic rings. The number of hydrogen-bond donors (Lipinski definition) is 0. The Bertz CT molecular complexity index is 1140. The van der Waals surface area contributed by atoms with Crippen molar-refractivity contribution in [3.8, 4) is 11.5 Å². The number of anilines is 1. The van der Waals surface area contributed by atoms with E-state index in [1.54, 1.807) is 7.11 Å². The number of piperazine rings is 1. The lowest BCUT2D eigenvalue weighted by atomic mass is 9.74. The maximum atomic E-state index is 13.6. The molecule has 2 aromatic carbocycles. The zero-order valence-electron chi connectivity index (χ0n) is 24.2. The first-order chi connectivity index (χ1) is 19.0. The van der Waals surface area contributed by atoms with Gasteiger partial charge in [-0.3, -0.25) is 9.69 Å². The van der Waals surface area contributed by atoms with Gasteiger partial charge in [0.1, 0.15) is 18.1 Å². The summed E-state index contributed by atoms with van der Waals surface area (Å²) in [7, 11) is 1.71. The second-order valence-corrected chi connectivity index (χ2v) is 11.4. The quantitative estimate of drug-likeness (QED) is 0.507. The molecule has 0 radical (unpaired) electrons. The zero-order chi connectivity index (χ0) is 27.4. The molecule has 2 atom stereocenters. The van der Waals surface area contributed by atoms with Gasteiger partial charge in [-0.1, -0.05) is 19.1 Å². The standard InChI is InChI=1S/C32H45N3O4/c1-23-21-31(39-20-17-33-15-18-38-19-16-33)25(3)28-22-26(9-10-27(23)28)24(2)32(36)35-13-11-34(12-14-35)29-7-5-6-8-30(29)37-4/h5-8,21,24,26H,9-20,22H2,1-4H3/t24-,26+/m0/s1. The van der Waals surface area contributed by atoms with E-state index in [4.69, 9.17) is 14.2 Å². The number of hydrogen-bond acceptors (Lipinski definition) is 6. The van der Waals surface area contributed by atoms with Crippen LogP contribution in [0.5, 0.6) is 11.5 Å². The van der Waals surface area contributed by atoms with E-state index in [9.17, 15) is 4.79 Å². The molecular weight excluding hydrogens is 490 g/mol. The minimum Gasteiger partial charge on any atom is -0.495 e. The Morgan fingerprint density at radius 1 is 1.03 bits per heavy atom. The van der Waals surface area contributed by atoms with Gasteiger partial charge in [0.2, 0.25) is 5.91 Å². The number of benzene rings is 2. The third-order valence-electron chi connectivity index (χ3n) is 9.12. The fraction of sp³-hybridized carbons (Fsp3) is 0.594. The molecule has 2 heterocycles. The van der Waals surface area contributed by atoms with Gasteiger partial charge in [-0.2, -0.15) is 0 Å². The normalized spacial score (nSPS) is 20.9. The number of ether oxygens (including phenoxy) is 3. The third-order valence-corrected chi connectivity index (χ3v) is 9.12. The average Bonchev–Trinajstić information content (AvgIpc) is 2.99. The number of amides is 1. The van der Waals surface area contributed by atoms with Crippen molar-refractivity contribution in [1.29, 1.82) is 0 Å². The molecule has 0 spiro atoms. The lowest BCUT2D eigenvalue weighted by molar-refractivity contribution is -0.137. The van der Waals surface area contributed by atoms with Crippen LogP contribution in [0.1, 0.15) is 35.6 Å². The maximum absolute atomic E-state index is 13.6. The largest absolute Gasteiger partial charge is 0.495 e. The van der Waals surface area contributed by atoms with Crippen LogP contribution in [-0.2, 0) is 22.4 Å². The Balaban J connectivity index is 1.19. The summed E-state index contributed by atoms with van der Waals surface area (Å²) in [6, 6.07) is 10.4. The molecule has 7 nitrogen and oxygen atoms in total. The molecule has 3 aliphatic rings. The van der Waals surface area contributed by atoms with Crippen molar-refractivity contribution in [3.05, 3.63) is 52.6 Å². The predicted octanol–water partition coefficient (Wildman–Crippen LogP) is 4.11. The summed E-state index contributed by atoms with van der Waals surface area (Å²) in [5, 5.41) is 0. The van der Waals surface area contributed by atoms with Crippen LogP contribution < -0.4 is 14.4 Å². The molecule has 0 aromatic heterocycles. The lowest BCUT2D eigenvalue weighted by Gasteiger charge is -2.39. The second kappa shape index (κ2) is 12.6. The summed E-state index contributed by atoms with van der Waals surface area (Å²) in [5.41, 5.74) is 6.56. The SMILES string of the molecule is COc1ccccc1N1CCN(C(=O)[C@@H](C)[C@@H]2CCc3c(C)cc(OCCN4CCOCC4)c(C)c3C2)CC1. The summed E-state index contributed by atoms with van der Waals surface area (Å²) in [6.07, 6.45) is 3.06. The summed E-state index contributed by atoms with van der Waals surface area (Å²) >= 11 is 0. The summed E-state index contributed by atoms with van der Waals surface area (Å²) in [5.74, 6) is 2.57. The fourth-order valence-corrected chi connectivity index (χ4v) is 6.56. The number of aryl methyl sites for hydroxylation is 1. The highest BCUT2D eigenvalue weighted by Gasteiger charge is 2.34. The van der Waals surface area contributed by atoms with Crippen molar-refractivity contribution in [2.45, 2.75) is 40.0 Å². The van der Waals surface area contributed by atoms with Crippen LogP contribution in [0.4, 0.5) is 5.69 Å². The van der Waals surface area contributed by atoms with Crippen LogP contribution in [0.3, 0.4) is 0 Å². The van der Waals surface area contributed by atoms with Crippen LogP contribution in [-0.4, -0.2) is 88.5 Å². The molecule has 2 aliphatic heterocycles. The van der Waals surface area contributed by atoms with E-state index in [1.165, 1.54) is 22.3 Å². The highest BCUT2D eigenvalue weighted by Crippen LogP contribution is 2.38. The Hall–Kier alpha value is -2.77. The summed E-state index contributed by atoms with van der Waals surface area (Å²) < 4.78 is 17.3. The van der Waals surface area contributed by atoms with E-state index in [2.05, 4.69) is 47.6 Å². The maximum Gasteiger partial charge on any atom is 0.225 e. The Kier molecular flexibility index (Phi) is 8.98. The number of nitrogens with zero attached hydrogens (tertiary/aromatic N) is 3. The van der Waals surface area contributed by atoms with Gasteiger partial charge < -0.3 is 24.0 Å². The monoisotopic (exact) mass is 535 g/mol. The van der Waals surface area contributed by atoms with E-state index in [-0.39, 0.29) is 5.92 Å². The Morgan fingerprint density at radius 3 is 2.51 bits per heavy atom. The lowest BCUT2D eigenvalue weighted by Crippen LogP contribution is -2.51. The van der Waals surface area contributed by atoms with Crippen LogP contribution in [0.15, 0.2) is 30.3 Å². The molecule has 0 N–H and O–H groups in total. The van der Waals surface area contributed by atoms with Gasteiger partial charge >= 0.3 is 0 Å². The minimum absolute atomic E-state index is 0.0153. The first kappa shape index (κ1) is 27.8.